The Labute approximate surface area is 190 Å². The van der Waals surface area contributed by atoms with Crippen LogP contribution in [-0.2, 0) is 28.5 Å². The molecule has 0 bridgehead atoms. The van der Waals surface area contributed by atoms with E-state index in [9.17, 15) is 26.6 Å². The SMILES string of the molecule is CC(C(=O)NCc1ccc(C(F)(F)F)cc1-c1ncccn1)c1ccc(NS(C)=O)c(F)c1. The summed E-state index contributed by atoms with van der Waals surface area (Å²) in [6.45, 7) is 1.50. The number of rotatable bonds is 7. The van der Waals surface area contributed by atoms with Crippen molar-refractivity contribution in [1.82, 2.24) is 15.3 Å². The van der Waals surface area contributed by atoms with Crippen molar-refractivity contribution in [2.75, 3.05) is 11.0 Å². The zero-order chi connectivity index (χ0) is 24.2. The molecule has 2 aromatic carbocycles. The second-order valence-electron chi connectivity index (χ2n) is 7.18. The third-order valence-corrected chi connectivity index (χ3v) is 5.34. The molecule has 0 saturated carbocycles. The van der Waals surface area contributed by atoms with Crippen molar-refractivity contribution in [3.63, 3.8) is 0 Å². The number of alkyl halides is 3. The lowest BCUT2D eigenvalue weighted by Gasteiger charge is -2.16. The van der Waals surface area contributed by atoms with Gasteiger partial charge < -0.3 is 10.0 Å². The molecule has 1 heterocycles. The van der Waals surface area contributed by atoms with Crippen LogP contribution in [0.3, 0.4) is 0 Å². The molecule has 1 aromatic heterocycles. The van der Waals surface area contributed by atoms with Gasteiger partial charge in [-0.25, -0.2) is 18.6 Å². The Morgan fingerprint density at radius 2 is 1.82 bits per heavy atom. The first-order valence-electron chi connectivity index (χ1n) is 9.71. The molecule has 0 aliphatic carbocycles. The van der Waals surface area contributed by atoms with Crippen LogP contribution in [0.5, 0.6) is 0 Å². The summed E-state index contributed by atoms with van der Waals surface area (Å²) in [5.74, 6) is -1.76. The average Bonchev–Trinajstić information content (AvgIpc) is 2.78. The molecule has 1 amide bonds. The largest absolute Gasteiger partial charge is 0.416 e. The Morgan fingerprint density at radius 3 is 2.42 bits per heavy atom. The number of hydrogen-bond donors (Lipinski definition) is 2. The fourth-order valence-corrected chi connectivity index (χ4v) is 3.55. The number of nitrogens with zero attached hydrogens (tertiary/aromatic N) is 2. The van der Waals surface area contributed by atoms with Crippen LogP contribution < -0.4 is 10.0 Å². The van der Waals surface area contributed by atoms with Crippen molar-refractivity contribution < 1.29 is 26.6 Å². The number of halogens is 4. The van der Waals surface area contributed by atoms with Gasteiger partial charge >= 0.3 is 6.18 Å². The number of hydrogen-bond acceptors (Lipinski definition) is 4. The second kappa shape index (κ2) is 10.1. The summed E-state index contributed by atoms with van der Waals surface area (Å²) in [6.07, 6.45) is -0.364. The van der Waals surface area contributed by atoms with Crippen LogP contribution in [0.4, 0.5) is 23.2 Å². The monoisotopic (exact) mass is 480 g/mol. The van der Waals surface area contributed by atoms with Gasteiger partial charge in [0.15, 0.2) is 5.82 Å². The van der Waals surface area contributed by atoms with Crippen LogP contribution >= 0.6 is 0 Å². The molecule has 3 aromatic rings. The van der Waals surface area contributed by atoms with E-state index in [1.807, 2.05) is 0 Å². The van der Waals surface area contributed by atoms with Crippen LogP contribution in [0.25, 0.3) is 11.4 Å². The van der Waals surface area contributed by atoms with Gasteiger partial charge in [0.25, 0.3) is 0 Å². The van der Waals surface area contributed by atoms with E-state index in [4.69, 9.17) is 0 Å². The fraction of sp³-hybridized carbons (Fsp3) is 0.227. The Bertz CT molecular complexity index is 1170. The van der Waals surface area contributed by atoms with Crippen LogP contribution in [0.15, 0.2) is 54.9 Å². The molecule has 3 rings (SSSR count). The molecule has 0 saturated heterocycles. The summed E-state index contributed by atoms with van der Waals surface area (Å²) in [5.41, 5.74) is 0.116. The predicted molar refractivity (Wildman–Crippen MR) is 117 cm³/mol. The van der Waals surface area contributed by atoms with E-state index >= 15 is 0 Å². The number of benzene rings is 2. The first-order chi connectivity index (χ1) is 15.6. The lowest BCUT2D eigenvalue weighted by atomic mass is 9.99. The van der Waals surface area contributed by atoms with Crippen LogP contribution in [0, 0.1) is 5.82 Å². The van der Waals surface area contributed by atoms with Crippen LogP contribution in [-0.4, -0.2) is 26.3 Å². The average molecular weight is 480 g/mol. The Hall–Kier alpha value is -3.34. The summed E-state index contributed by atoms with van der Waals surface area (Å²) < 4.78 is 67.5. The highest BCUT2D eigenvalue weighted by molar-refractivity contribution is 7.85. The van der Waals surface area contributed by atoms with Crippen LogP contribution in [0.1, 0.15) is 29.5 Å². The van der Waals surface area contributed by atoms with Crippen LogP contribution in [0.2, 0.25) is 0 Å². The zero-order valence-corrected chi connectivity index (χ0v) is 18.4. The molecule has 0 radical (unpaired) electrons. The molecule has 174 valence electrons. The molecular formula is C22H20F4N4O2S. The zero-order valence-electron chi connectivity index (χ0n) is 17.6. The first-order valence-corrected chi connectivity index (χ1v) is 11.3. The van der Waals surface area contributed by atoms with Gasteiger partial charge in [-0.05, 0) is 48.4 Å². The van der Waals surface area contributed by atoms with E-state index in [2.05, 4.69) is 20.0 Å². The predicted octanol–water partition coefficient (Wildman–Crippen LogP) is 4.43. The van der Waals surface area contributed by atoms with Gasteiger partial charge in [0, 0.05) is 30.8 Å². The van der Waals surface area contributed by atoms with Crippen molar-refractivity contribution >= 4 is 22.6 Å². The maximum atomic E-state index is 14.2. The summed E-state index contributed by atoms with van der Waals surface area (Å²) in [6, 6.07) is 8.76. The summed E-state index contributed by atoms with van der Waals surface area (Å²) >= 11 is 0. The van der Waals surface area contributed by atoms with Crippen molar-refractivity contribution in [3.05, 3.63) is 77.4 Å². The Morgan fingerprint density at radius 1 is 1.12 bits per heavy atom. The number of nitrogens with one attached hydrogen (secondary N) is 2. The van der Waals surface area contributed by atoms with Gasteiger partial charge in [-0.2, -0.15) is 13.2 Å². The van der Waals surface area contributed by atoms with Gasteiger partial charge in [0.05, 0.1) is 17.2 Å². The van der Waals surface area contributed by atoms with E-state index in [-0.39, 0.29) is 23.6 Å². The summed E-state index contributed by atoms with van der Waals surface area (Å²) in [5, 5.41) is 2.67. The van der Waals surface area contributed by atoms with Gasteiger partial charge in [0.1, 0.15) is 16.8 Å². The topological polar surface area (TPSA) is 84.0 Å². The van der Waals surface area contributed by atoms with E-state index < -0.39 is 40.4 Å². The van der Waals surface area contributed by atoms with Crippen molar-refractivity contribution in [2.24, 2.45) is 0 Å². The molecule has 2 atom stereocenters. The number of aromatic nitrogens is 2. The normalized spacial score (nSPS) is 13.3. The first kappa shape index (κ1) is 24.3. The highest BCUT2D eigenvalue weighted by atomic mass is 32.2. The lowest BCUT2D eigenvalue weighted by molar-refractivity contribution is -0.137. The minimum Gasteiger partial charge on any atom is -0.351 e. The molecule has 33 heavy (non-hydrogen) atoms. The molecule has 2 unspecified atom stereocenters. The third-order valence-electron chi connectivity index (χ3n) is 4.84. The number of anilines is 1. The van der Waals surface area contributed by atoms with Gasteiger partial charge in [-0.1, -0.05) is 12.1 Å². The number of carbonyl (C=O) groups is 1. The highest BCUT2D eigenvalue weighted by Gasteiger charge is 2.31. The molecular weight excluding hydrogens is 460 g/mol. The smallest absolute Gasteiger partial charge is 0.351 e. The molecule has 0 aliphatic rings. The van der Waals surface area contributed by atoms with E-state index in [0.717, 1.165) is 12.1 Å². The second-order valence-corrected chi connectivity index (χ2v) is 8.29. The minimum atomic E-state index is -4.55. The quantitative estimate of drug-likeness (QED) is 0.490. The molecule has 0 fully saturated rings. The molecule has 0 spiro atoms. The maximum Gasteiger partial charge on any atom is 0.416 e. The minimum absolute atomic E-state index is 0.0458. The van der Waals surface area contributed by atoms with Gasteiger partial charge in [-0.15, -0.1) is 0 Å². The van der Waals surface area contributed by atoms with E-state index in [1.54, 1.807) is 13.0 Å². The molecule has 6 nitrogen and oxygen atoms in total. The maximum absolute atomic E-state index is 14.2. The van der Waals surface area contributed by atoms with Crippen molar-refractivity contribution in [1.29, 1.82) is 0 Å². The summed E-state index contributed by atoms with van der Waals surface area (Å²) in [7, 11) is -1.45. The molecule has 11 heteroatoms. The van der Waals surface area contributed by atoms with Crippen molar-refractivity contribution in [2.45, 2.75) is 25.6 Å². The van der Waals surface area contributed by atoms with Gasteiger partial charge in [-0.3, -0.25) is 4.79 Å². The lowest BCUT2D eigenvalue weighted by Crippen LogP contribution is -2.28. The standard InChI is InChI=1S/C22H20F4N4O2S/c1-13(14-5-7-19(18(23)10-14)30-33(2)32)21(31)29-12-15-4-6-16(22(24,25)26)11-17(15)20-27-8-3-9-28-20/h3-11,13,30H,12H2,1-2H3,(H,29,31). The molecule has 2 N–H and O–H groups in total. The Kier molecular flexibility index (Phi) is 7.42. The van der Waals surface area contributed by atoms with E-state index in [1.165, 1.54) is 42.9 Å². The summed E-state index contributed by atoms with van der Waals surface area (Å²) in [4.78, 5) is 20.7. The fourth-order valence-electron chi connectivity index (χ4n) is 3.08. The number of carbonyl (C=O) groups excluding carboxylic acids is 1. The molecule has 0 aliphatic heterocycles. The number of amides is 1. The Balaban J connectivity index is 1.79. The highest BCUT2D eigenvalue weighted by Crippen LogP contribution is 2.33. The third kappa shape index (κ3) is 6.13. The van der Waals surface area contributed by atoms with Gasteiger partial charge in [0.2, 0.25) is 5.91 Å². The van der Waals surface area contributed by atoms with Crippen molar-refractivity contribution in [3.8, 4) is 11.4 Å². The van der Waals surface area contributed by atoms with E-state index in [0.29, 0.717) is 11.1 Å².